The van der Waals surface area contributed by atoms with Gasteiger partial charge in [-0.3, -0.25) is 4.68 Å². The Hall–Kier alpha value is -1.84. The number of nitrogens with one attached hydrogen (secondary N) is 1. The maximum atomic E-state index is 5.48. The van der Waals surface area contributed by atoms with Gasteiger partial charge in [0.25, 0.3) is 0 Å². The Kier molecular flexibility index (Phi) is 9.25. The molecule has 0 spiro atoms. The van der Waals surface area contributed by atoms with Crippen molar-refractivity contribution in [3.05, 3.63) is 42.0 Å². The van der Waals surface area contributed by atoms with Gasteiger partial charge < -0.3 is 15.0 Å². The molecule has 25 heavy (non-hydrogen) atoms. The van der Waals surface area contributed by atoms with Gasteiger partial charge in [-0.2, -0.15) is 5.10 Å². The second-order valence-corrected chi connectivity index (χ2v) is 5.40. The minimum Gasteiger partial charge on any atom is -0.494 e. The monoisotopic (exact) mass is 458 g/mol. The summed E-state index contributed by atoms with van der Waals surface area (Å²) in [7, 11) is 3.89. The van der Waals surface area contributed by atoms with Crippen LogP contribution in [0.2, 0.25) is 0 Å². The zero-order valence-electron chi connectivity index (χ0n) is 15.3. The molecule has 138 valence electrons. The summed E-state index contributed by atoms with van der Waals surface area (Å²) in [4.78, 5) is 10.9. The first-order valence-corrected chi connectivity index (χ1v) is 8.18. The highest BCUT2D eigenvalue weighted by atomic mass is 127. The summed E-state index contributed by atoms with van der Waals surface area (Å²) in [5.74, 6) is 2.57. The third-order valence-electron chi connectivity index (χ3n) is 3.53. The Balaban J connectivity index is 0.00000312. The van der Waals surface area contributed by atoms with E-state index in [1.807, 2.05) is 33.2 Å². The highest BCUT2D eigenvalue weighted by Crippen LogP contribution is 2.13. The number of rotatable bonds is 7. The van der Waals surface area contributed by atoms with Crippen molar-refractivity contribution in [1.82, 2.24) is 25.0 Å². The molecule has 0 radical (unpaired) electrons. The molecule has 0 fully saturated rings. The lowest BCUT2D eigenvalue weighted by molar-refractivity contribution is 0.340. The second-order valence-electron chi connectivity index (χ2n) is 5.40. The van der Waals surface area contributed by atoms with Crippen molar-refractivity contribution in [3.63, 3.8) is 0 Å². The van der Waals surface area contributed by atoms with Crippen molar-refractivity contribution in [2.45, 2.75) is 26.9 Å². The second kappa shape index (κ2) is 10.9. The Bertz CT molecular complexity index is 655. The molecule has 1 heterocycles. The van der Waals surface area contributed by atoms with Crippen LogP contribution in [0.1, 0.15) is 25.2 Å². The maximum Gasteiger partial charge on any atom is 0.194 e. The zero-order valence-corrected chi connectivity index (χ0v) is 17.6. The van der Waals surface area contributed by atoms with Gasteiger partial charge in [0.2, 0.25) is 0 Å². The minimum atomic E-state index is 0. The summed E-state index contributed by atoms with van der Waals surface area (Å²) in [5.41, 5.74) is 1.20. The zero-order chi connectivity index (χ0) is 17.4. The summed E-state index contributed by atoms with van der Waals surface area (Å²) in [6.07, 6.45) is 1.54. The number of benzene rings is 1. The maximum absolute atomic E-state index is 5.48. The van der Waals surface area contributed by atoms with E-state index in [1.165, 1.54) is 5.56 Å². The van der Waals surface area contributed by atoms with Gasteiger partial charge in [-0.1, -0.05) is 12.1 Å². The summed E-state index contributed by atoms with van der Waals surface area (Å²) < 4.78 is 7.21. The molecule has 0 amide bonds. The molecule has 1 N–H and O–H groups in total. The summed E-state index contributed by atoms with van der Waals surface area (Å²) in [5, 5.41) is 7.38. The molecule has 0 aliphatic carbocycles. The van der Waals surface area contributed by atoms with E-state index in [0.717, 1.165) is 30.6 Å². The first kappa shape index (κ1) is 21.2. The topological polar surface area (TPSA) is 67.6 Å². The third kappa shape index (κ3) is 6.52. The minimum absolute atomic E-state index is 0. The van der Waals surface area contributed by atoms with Crippen LogP contribution in [0.25, 0.3) is 0 Å². The third-order valence-corrected chi connectivity index (χ3v) is 3.53. The first-order valence-electron chi connectivity index (χ1n) is 8.18. The van der Waals surface area contributed by atoms with Crippen LogP contribution in [0.5, 0.6) is 5.75 Å². The SMILES string of the molecule is CCNC(=NCc1ncnn1C)N(C)Cc1ccc(OCC)cc1.I. The van der Waals surface area contributed by atoms with Crippen LogP contribution in [0, 0.1) is 0 Å². The molecule has 1 aromatic carbocycles. The fraction of sp³-hybridized carbons (Fsp3) is 0.471. The number of hydrogen-bond donors (Lipinski definition) is 1. The smallest absolute Gasteiger partial charge is 0.194 e. The molecule has 2 rings (SSSR count). The molecule has 7 nitrogen and oxygen atoms in total. The van der Waals surface area contributed by atoms with Gasteiger partial charge in [0.1, 0.15) is 24.4 Å². The molecule has 0 atom stereocenters. The van der Waals surface area contributed by atoms with Gasteiger partial charge in [-0.05, 0) is 31.5 Å². The van der Waals surface area contributed by atoms with Crippen LogP contribution in [0.3, 0.4) is 0 Å². The molecule has 2 aromatic rings. The van der Waals surface area contributed by atoms with Crippen LogP contribution in [-0.2, 0) is 20.1 Å². The van der Waals surface area contributed by atoms with Gasteiger partial charge in [0.15, 0.2) is 5.96 Å². The number of hydrogen-bond acceptors (Lipinski definition) is 4. The largest absolute Gasteiger partial charge is 0.494 e. The van der Waals surface area contributed by atoms with E-state index in [-0.39, 0.29) is 24.0 Å². The van der Waals surface area contributed by atoms with Crippen LogP contribution in [-0.4, -0.2) is 45.8 Å². The van der Waals surface area contributed by atoms with Gasteiger partial charge in [0.05, 0.1) is 6.61 Å². The van der Waals surface area contributed by atoms with Crippen molar-refractivity contribution in [3.8, 4) is 5.75 Å². The average molecular weight is 458 g/mol. The highest BCUT2D eigenvalue weighted by molar-refractivity contribution is 14.0. The van der Waals surface area contributed by atoms with E-state index in [4.69, 9.17) is 4.74 Å². The number of nitrogens with zero attached hydrogens (tertiary/aromatic N) is 5. The van der Waals surface area contributed by atoms with E-state index in [0.29, 0.717) is 13.2 Å². The Labute approximate surface area is 166 Å². The summed E-state index contributed by atoms with van der Waals surface area (Å²) in [6.45, 7) is 6.79. The predicted octanol–water partition coefficient (Wildman–Crippen LogP) is 2.43. The number of ether oxygens (including phenoxy) is 1. The lowest BCUT2D eigenvalue weighted by Crippen LogP contribution is -2.38. The van der Waals surface area contributed by atoms with Gasteiger partial charge in [0, 0.05) is 27.2 Å². The van der Waals surface area contributed by atoms with Crippen molar-refractivity contribution in [1.29, 1.82) is 0 Å². The fourth-order valence-corrected chi connectivity index (χ4v) is 2.29. The molecule has 0 saturated carbocycles. The molecule has 8 heteroatoms. The first-order chi connectivity index (χ1) is 11.6. The number of aliphatic imine (C=N–C) groups is 1. The molecule has 1 aromatic heterocycles. The van der Waals surface area contributed by atoms with Crippen molar-refractivity contribution in [2.24, 2.45) is 12.0 Å². The lowest BCUT2D eigenvalue weighted by Gasteiger charge is -2.22. The quantitative estimate of drug-likeness (QED) is 0.392. The Morgan fingerprint density at radius 3 is 2.56 bits per heavy atom. The van der Waals surface area contributed by atoms with Crippen LogP contribution in [0.15, 0.2) is 35.6 Å². The van der Waals surface area contributed by atoms with Crippen LogP contribution >= 0.6 is 24.0 Å². The average Bonchev–Trinajstić information content (AvgIpc) is 2.98. The number of aryl methyl sites for hydroxylation is 1. The molecule has 0 aliphatic rings. The molecule has 0 saturated heterocycles. The lowest BCUT2D eigenvalue weighted by atomic mass is 10.2. The van der Waals surface area contributed by atoms with Gasteiger partial charge in [-0.25, -0.2) is 9.98 Å². The number of guanidine groups is 1. The highest BCUT2D eigenvalue weighted by Gasteiger charge is 2.08. The van der Waals surface area contributed by atoms with Gasteiger partial charge >= 0.3 is 0 Å². The summed E-state index contributed by atoms with van der Waals surface area (Å²) in [6, 6.07) is 8.15. The number of aromatic nitrogens is 3. The summed E-state index contributed by atoms with van der Waals surface area (Å²) >= 11 is 0. The van der Waals surface area contributed by atoms with Crippen molar-refractivity contribution < 1.29 is 4.74 Å². The normalized spacial score (nSPS) is 11.0. The Morgan fingerprint density at radius 1 is 1.28 bits per heavy atom. The van der Waals surface area contributed by atoms with E-state index >= 15 is 0 Å². The Morgan fingerprint density at radius 2 is 2.00 bits per heavy atom. The van der Waals surface area contributed by atoms with Crippen molar-refractivity contribution >= 4 is 29.9 Å². The van der Waals surface area contributed by atoms with Crippen LogP contribution in [0.4, 0.5) is 0 Å². The van der Waals surface area contributed by atoms with Gasteiger partial charge in [-0.15, -0.1) is 24.0 Å². The molecular formula is C17H27IN6O. The molecular weight excluding hydrogens is 431 g/mol. The standard InChI is InChI=1S/C17H26N6O.HI/c1-5-18-17(19-11-16-20-13-21-23(16)4)22(3)12-14-7-9-15(10-8-14)24-6-2;/h7-10,13H,5-6,11-12H2,1-4H3,(H,18,19);1H. The van der Waals surface area contributed by atoms with E-state index in [9.17, 15) is 0 Å². The molecule has 0 unspecified atom stereocenters. The van der Waals surface area contributed by atoms with E-state index in [1.54, 1.807) is 11.0 Å². The van der Waals surface area contributed by atoms with Crippen LogP contribution < -0.4 is 10.1 Å². The van der Waals surface area contributed by atoms with Crippen molar-refractivity contribution in [2.75, 3.05) is 20.2 Å². The van der Waals surface area contributed by atoms with E-state index < -0.39 is 0 Å². The molecule has 0 aliphatic heterocycles. The fourth-order valence-electron chi connectivity index (χ4n) is 2.29. The van der Waals surface area contributed by atoms with E-state index in [2.05, 4.69) is 44.3 Å². The number of halogens is 1. The molecule has 0 bridgehead atoms. The predicted molar refractivity (Wildman–Crippen MR) is 110 cm³/mol.